The molecule has 0 unspecified atom stereocenters. The average Bonchev–Trinajstić information content (AvgIpc) is 3.97. The summed E-state index contributed by atoms with van der Waals surface area (Å²) in [6, 6.07) is 85.5. The maximum Gasteiger partial charge on any atom is 0.167 e. The van der Waals surface area contributed by atoms with Crippen molar-refractivity contribution in [1.29, 1.82) is 0 Å². The molecule has 0 aliphatic carbocycles. The molecule has 0 fully saturated rings. The van der Waals surface area contributed by atoms with Crippen LogP contribution in [0.1, 0.15) is 0 Å². The minimum Gasteiger partial charge on any atom is -0.455 e. The Labute approximate surface area is 392 Å². The molecule has 3 aromatic heterocycles. The van der Waals surface area contributed by atoms with Gasteiger partial charge in [-0.1, -0.05) is 182 Å². The normalized spacial score (nSPS) is 11.5. The predicted molar refractivity (Wildman–Crippen MR) is 279 cm³/mol. The second kappa shape index (κ2) is 16.4. The van der Waals surface area contributed by atoms with E-state index in [-0.39, 0.29) is 0 Å². The number of nitrogens with zero attached hydrogens (tertiary/aromatic N) is 4. The second-order valence-electron chi connectivity index (χ2n) is 17.2. The van der Waals surface area contributed by atoms with Crippen LogP contribution < -0.4 is 0 Å². The molecule has 0 bridgehead atoms. The van der Waals surface area contributed by atoms with Gasteiger partial charge < -0.3 is 8.98 Å². The van der Waals surface area contributed by atoms with Crippen LogP contribution in [0.15, 0.2) is 247 Å². The molecule has 0 saturated heterocycles. The van der Waals surface area contributed by atoms with Gasteiger partial charge in [0.25, 0.3) is 0 Å². The molecule has 0 N–H and O–H groups in total. The Morgan fingerprint density at radius 2 is 0.676 bits per heavy atom. The van der Waals surface area contributed by atoms with Gasteiger partial charge in [-0.3, -0.25) is 0 Å². The third kappa shape index (κ3) is 6.84. The molecule has 0 spiro atoms. The quantitative estimate of drug-likeness (QED) is 0.153. The van der Waals surface area contributed by atoms with E-state index in [0.29, 0.717) is 17.5 Å². The molecule has 13 rings (SSSR count). The van der Waals surface area contributed by atoms with E-state index < -0.39 is 0 Å². The smallest absolute Gasteiger partial charge is 0.167 e. The van der Waals surface area contributed by atoms with E-state index in [1.165, 1.54) is 27.6 Å². The fourth-order valence-electron chi connectivity index (χ4n) is 9.77. The zero-order valence-corrected chi connectivity index (χ0v) is 36.8. The van der Waals surface area contributed by atoms with Crippen LogP contribution in [0.4, 0.5) is 0 Å². The van der Waals surface area contributed by atoms with Crippen molar-refractivity contribution in [2.24, 2.45) is 0 Å². The van der Waals surface area contributed by atoms with Gasteiger partial charge in [0, 0.05) is 43.9 Å². The summed E-state index contributed by atoms with van der Waals surface area (Å²) in [5.41, 5.74) is 16.7. The average molecular weight is 869 g/mol. The molecular weight excluding hydrogens is 829 g/mol. The lowest BCUT2D eigenvalue weighted by atomic mass is 9.92. The maximum absolute atomic E-state index is 7.06. The minimum absolute atomic E-state index is 0.556. The lowest BCUT2D eigenvalue weighted by Gasteiger charge is -2.12. The van der Waals surface area contributed by atoms with Gasteiger partial charge >= 0.3 is 0 Å². The highest BCUT2D eigenvalue weighted by Crippen LogP contribution is 2.43. The van der Waals surface area contributed by atoms with E-state index >= 15 is 0 Å². The summed E-state index contributed by atoms with van der Waals surface area (Å²) in [6.07, 6.45) is 0. The van der Waals surface area contributed by atoms with E-state index in [1.54, 1.807) is 0 Å². The number of hydrogen-bond acceptors (Lipinski definition) is 4. The van der Waals surface area contributed by atoms with Gasteiger partial charge in [0.15, 0.2) is 17.5 Å². The van der Waals surface area contributed by atoms with Crippen LogP contribution in [0.5, 0.6) is 0 Å². The summed E-state index contributed by atoms with van der Waals surface area (Å²) in [5, 5.41) is 4.36. The van der Waals surface area contributed by atoms with Crippen LogP contribution in [0.25, 0.3) is 128 Å². The van der Waals surface area contributed by atoms with Gasteiger partial charge in [0.2, 0.25) is 0 Å². The van der Waals surface area contributed by atoms with Crippen molar-refractivity contribution in [2.75, 3.05) is 0 Å². The van der Waals surface area contributed by atoms with E-state index in [4.69, 9.17) is 19.4 Å². The highest BCUT2D eigenvalue weighted by Gasteiger charge is 2.21. The molecule has 0 amide bonds. The summed E-state index contributed by atoms with van der Waals surface area (Å²) < 4.78 is 9.43. The second-order valence-corrected chi connectivity index (χ2v) is 17.2. The molecule has 5 heteroatoms. The summed E-state index contributed by atoms with van der Waals surface area (Å²) in [7, 11) is 0. The Morgan fingerprint density at radius 1 is 0.265 bits per heavy atom. The molecule has 0 aliphatic rings. The van der Waals surface area contributed by atoms with Crippen LogP contribution in [-0.4, -0.2) is 19.5 Å². The summed E-state index contributed by atoms with van der Waals surface area (Å²) >= 11 is 0. The lowest BCUT2D eigenvalue weighted by molar-refractivity contribution is 0.670. The molecular formula is C63H40N4O. The van der Waals surface area contributed by atoms with Crippen LogP contribution >= 0.6 is 0 Å². The monoisotopic (exact) mass is 868 g/mol. The highest BCUT2D eigenvalue weighted by atomic mass is 16.3. The van der Waals surface area contributed by atoms with Gasteiger partial charge in [0.1, 0.15) is 11.2 Å². The van der Waals surface area contributed by atoms with Crippen molar-refractivity contribution in [2.45, 2.75) is 0 Å². The summed E-state index contributed by atoms with van der Waals surface area (Å²) in [4.78, 5) is 15.1. The topological polar surface area (TPSA) is 56.7 Å². The Hall–Kier alpha value is -9.19. The first-order valence-electron chi connectivity index (χ1n) is 22.9. The number of aromatic nitrogens is 4. The van der Waals surface area contributed by atoms with Crippen LogP contribution in [0.2, 0.25) is 0 Å². The SMILES string of the molecule is c1ccc(-c2cc(-c3ccccc3)cc(-c3ccc4c(c3)c3cc(-c5cccc6c5oc5c(-c7nc(-c8ccccc8)nc(-c8ccccc8)n7)cccc56)ccc3n4-c3ccccc3)c2)cc1. The van der Waals surface area contributed by atoms with Crippen LogP contribution in [0.3, 0.4) is 0 Å². The summed E-state index contributed by atoms with van der Waals surface area (Å²) in [5.74, 6) is 1.77. The zero-order chi connectivity index (χ0) is 45.0. The maximum atomic E-state index is 7.06. The van der Waals surface area contributed by atoms with Crippen molar-refractivity contribution in [3.05, 3.63) is 243 Å². The molecule has 0 saturated carbocycles. The molecule has 0 aliphatic heterocycles. The zero-order valence-electron chi connectivity index (χ0n) is 36.8. The van der Waals surface area contributed by atoms with E-state index in [0.717, 1.165) is 83.0 Å². The Morgan fingerprint density at radius 3 is 1.21 bits per heavy atom. The number of benzene rings is 10. The molecule has 13 aromatic rings. The number of rotatable bonds is 8. The van der Waals surface area contributed by atoms with Crippen molar-refractivity contribution in [3.63, 3.8) is 0 Å². The van der Waals surface area contributed by atoms with Gasteiger partial charge in [-0.25, -0.2) is 15.0 Å². The lowest BCUT2D eigenvalue weighted by Crippen LogP contribution is -2.00. The van der Waals surface area contributed by atoms with E-state index in [9.17, 15) is 0 Å². The Balaban J connectivity index is 0.990. The van der Waals surface area contributed by atoms with Crippen LogP contribution in [0, 0.1) is 0 Å². The third-order valence-corrected chi connectivity index (χ3v) is 13.0. The Kier molecular flexibility index (Phi) is 9.43. The fraction of sp³-hybridized carbons (Fsp3) is 0. The molecule has 3 heterocycles. The first-order chi connectivity index (χ1) is 33.7. The van der Waals surface area contributed by atoms with Crippen molar-refractivity contribution < 1.29 is 4.42 Å². The van der Waals surface area contributed by atoms with Gasteiger partial charge in [0.05, 0.1) is 16.6 Å². The van der Waals surface area contributed by atoms with E-state index in [1.807, 2.05) is 66.7 Å². The third-order valence-electron chi connectivity index (χ3n) is 13.0. The van der Waals surface area contributed by atoms with Crippen LogP contribution in [-0.2, 0) is 0 Å². The molecule has 318 valence electrons. The fourth-order valence-corrected chi connectivity index (χ4v) is 9.77. The minimum atomic E-state index is 0.556. The summed E-state index contributed by atoms with van der Waals surface area (Å²) in [6.45, 7) is 0. The standard InChI is InChI=1S/C63H40N4O/c1-6-18-41(19-7-1)47-36-48(42-20-8-2-9-21-42)38-49(37-47)45-32-34-57-55(39-45)56-40-46(33-35-58(56)67(57)50-26-14-5-15-27-50)51-28-16-29-52-53-30-17-31-54(60(53)68-59(51)52)63-65-61(43-22-10-3-11-23-43)64-62(66-63)44-24-12-4-13-25-44/h1-40H. The van der Waals surface area contributed by atoms with Gasteiger partial charge in [-0.05, 0) is 99.6 Å². The van der Waals surface area contributed by atoms with Crippen molar-refractivity contribution >= 4 is 43.7 Å². The first kappa shape index (κ1) is 39.2. The van der Waals surface area contributed by atoms with Gasteiger partial charge in [-0.15, -0.1) is 0 Å². The van der Waals surface area contributed by atoms with E-state index in [2.05, 4.69) is 180 Å². The molecule has 0 radical (unpaired) electrons. The molecule has 0 atom stereocenters. The molecule has 10 aromatic carbocycles. The number of hydrogen-bond donors (Lipinski definition) is 0. The number of para-hydroxylation sites is 3. The number of furan rings is 1. The van der Waals surface area contributed by atoms with Crippen molar-refractivity contribution in [3.8, 4) is 84.4 Å². The Bertz CT molecular complexity index is 3880. The number of fused-ring (bicyclic) bond motifs is 6. The van der Waals surface area contributed by atoms with Crippen molar-refractivity contribution in [1.82, 2.24) is 19.5 Å². The molecule has 5 nitrogen and oxygen atoms in total. The molecule has 68 heavy (non-hydrogen) atoms. The largest absolute Gasteiger partial charge is 0.455 e. The first-order valence-corrected chi connectivity index (χ1v) is 22.9. The van der Waals surface area contributed by atoms with Gasteiger partial charge in [-0.2, -0.15) is 0 Å². The predicted octanol–water partition coefficient (Wildman–Crippen LogP) is 16.5. The highest BCUT2D eigenvalue weighted by molar-refractivity contribution is 6.15.